The number of nitrogens with zero attached hydrogens (tertiary/aromatic N) is 1. The van der Waals surface area contributed by atoms with Gasteiger partial charge in [-0.15, -0.1) is 11.3 Å². The van der Waals surface area contributed by atoms with Gasteiger partial charge in [0, 0.05) is 34.7 Å². The van der Waals surface area contributed by atoms with Gasteiger partial charge in [-0.3, -0.25) is 10.1 Å². The lowest BCUT2D eigenvalue weighted by Gasteiger charge is -2.20. The zero-order valence-electron chi connectivity index (χ0n) is 24.9. The van der Waals surface area contributed by atoms with E-state index in [0.717, 1.165) is 24.0 Å². The molecule has 2 N–H and O–H groups in total. The Morgan fingerprint density at radius 3 is 2.33 bits per heavy atom. The maximum absolute atomic E-state index is 13.0. The smallest absolute Gasteiger partial charge is 0.371 e. The summed E-state index contributed by atoms with van der Waals surface area (Å²) < 4.78 is 16.6. The number of amides is 1. The Morgan fingerprint density at radius 1 is 1.05 bits per heavy atom. The van der Waals surface area contributed by atoms with Crippen LogP contribution in [0.2, 0.25) is 10.0 Å². The highest BCUT2D eigenvalue weighted by atomic mass is 35.5. The minimum atomic E-state index is -1.27. The van der Waals surface area contributed by atoms with Gasteiger partial charge < -0.3 is 19.3 Å². The Labute approximate surface area is 267 Å². The van der Waals surface area contributed by atoms with Crippen molar-refractivity contribution in [1.82, 2.24) is 4.98 Å². The molecular weight excluding hydrogens is 611 g/mol. The molecule has 0 aliphatic carbocycles. The van der Waals surface area contributed by atoms with E-state index in [0.29, 0.717) is 16.6 Å². The van der Waals surface area contributed by atoms with E-state index in [1.807, 2.05) is 23.6 Å². The summed E-state index contributed by atoms with van der Waals surface area (Å²) in [5.41, 5.74) is 2.83. The Balaban J connectivity index is 1.74. The quantitative estimate of drug-likeness (QED) is 0.0853. The first kappa shape index (κ1) is 34.4. The number of hydrogen-bond acceptors (Lipinski definition) is 7. The number of rotatable bonds is 17. The van der Waals surface area contributed by atoms with E-state index >= 15 is 0 Å². The number of aliphatic carboxylic acids is 1. The van der Waals surface area contributed by atoms with Gasteiger partial charge in [-0.2, -0.15) is 0 Å². The fourth-order valence-corrected chi connectivity index (χ4v) is 6.04. The number of nitrogens with one attached hydrogen (secondary N) is 1. The van der Waals surface area contributed by atoms with E-state index in [9.17, 15) is 14.7 Å². The highest BCUT2D eigenvalue weighted by molar-refractivity contribution is 7.14. The van der Waals surface area contributed by atoms with Crippen LogP contribution < -0.4 is 10.1 Å². The standard InChI is InChI=1S/C32H38Cl2N2O6S/c1-5-6-7-8-9-10-11-15-27(40-2)22-14-12-13-21(29(22)42-4)26-19-43-32(35-26)36-30(37)20-16-24(33)23(25(34)17-20)18-28(41-3)31(38)39/h12-14,16-19,27H,5-11,15H2,1-4H3,(H,38,39)(H,35,36,37)/b28-18+. The molecule has 3 aromatic rings. The van der Waals surface area contributed by atoms with Crippen molar-refractivity contribution in [2.24, 2.45) is 0 Å². The summed E-state index contributed by atoms with van der Waals surface area (Å²) in [5, 5.41) is 14.4. The van der Waals surface area contributed by atoms with E-state index in [-0.39, 0.29) is 33.0 Å². The van der Waals surface area contributed by atoms with Gasteiger partial charge in [0.1, 0.15) is 5.75 Å². The third-order valence-corrected chi connectivity index (χ3v) is 8.38. The van der Waals surface area contributed by atoms with Crippen molar-refractivity contribution >= 4 is 57.6 Å². The maximum Gasteiger partial charge on any atom is 0.371 e. The summed E-state index contributed by atoms with van der Waals surface area (Å²) >= 11 is 13.9. The number of hydrogen-bond donors (Lipinski definition) is 2. The molecule has 0 saturated heterocycles. The summed E-state index contributed by atoms with van der Waals surface area (Å²) in [6.07, 6.45) is 10.6. The molecule has 0 aliphatic heterocycles. The van der Waals surface area contributed by atoms with Crippen LogP contribution in [0.4, 0.5) is 5.13 Å². The molecule has 43 heavy (non-hydrogen) atoms. The zero-order chi connectivity index (χ0) is 31.4. The normalized spacial score (nSPS) is 12.2. The minimum Gasteiger partial charge on any atom is -0.496 e. The fourth-order valence-electron chi connectivity index (χ4n) is 4.74. The molecule has 1 unspecified atom stereocenters. The van der Waals surface area contributed by atoms with Crippen LogP contribution in [0.3, 0.4) is 0 Å². The van der Waals surface area contributed by atoms with E-state index in [2.05, 4.69) is 17.2 Å². The van der Waals surface area contributed by atoms with Gasteiger partial charge in [0.15, 0.2) is 5.13 Å². The Kier molecular flexibility index (Phi) is 13.8. The van der Waals surface area contributed by atoms with Gasteiger partial charge in [-0.25, -0.2) is 9.78 Å². The summed E-state index contributed by atoms with van der Waals surface area (Å²) in [7, 11) is 4.58. The predicted molar refractivity (Wildman–Crippen MR) is 173 cm³/mol. The zero-order valence-corrected chi connectivity index (χ0v) is 27.2. The largest absolute Gasteiger partial charge is 0.496 e. The van der Waals surface area contributed by atoms with Crippen LogP contribution in [0.1, 0.15) is 85.9 Å². The molecule has 8 nitrogen and oxygen atoms in total. The topological polar surface area (TPSA) is 107 Å². The SMILES string of the molecule is CCCCCCCCCC(OC)c1cccc(-c2csc(NC(=O)c3cc(Cl)c(/C=C(/OC)C(=O)O)c(Cl)c3)n2)c1OC. The Bertz CT molecular complexity index is 1400. The molecule has 0 bridgehead atoms. The van der Waals surface area contributed by atoms with Crippen LogP contribution in [0.5, 0.6) is 5.75 Å². The molecule has 11 heteroatoms. The molecule has 0 aliphatic rings. The number of unbranched alkanes of at least 4 members (excludes halogenated alkanes) is 6. The number of anilines is 1. The second kappa shape index (κ2) is 17.3. The third-order valence-electron chi connectivity index (χ3n) is 7.00. The molecule has 232 valence electrons. The van der Waals surface area contributed by atoms with Gasteiger partial charge in [0.25, 0.3) is 5.91 Å². The lowest BCUT2D eigenvalue weighted by molar-refractivity contribution is -0.135. The number of carboxylic acid groups (broad SMARTS) is 1. The molecule has 0 spiro atoms. The van der Waals surface area contributed by atoms with E-state index in [4.69, 9.17) is 37.4 Å². The number of para-hydroxylation sites is 1. The summed E-state index contributed by atoms with van der Waals surface area (Å²) in [5.74, 6) is -1.39. The van der Waals surface area contributed by atoms with Crippen molar-refractivity contribution in [3.05, 3.63) is 68.2 Å². The maximum atomic E-state index is 13.0. The second-order valence-corrected chi connectivity index (χ2v) is 11.6. The first-order valence-corrected chi connectivity index (χ1v) is 15.8. The molecule has 1 aromatic heterocycles. The van der Waals surface area contributed by atoms with Crippen LogP contribution in [0.25, 0.3) is 17.3 Å². The molecule has 3 rings (SSSR count). The summed E-state index contributed by atoms with van der Waals surface area (Å²) in [4.78, 5) is 28.9. The highest BCUT2D eigenvalue weighted by Crippen LogP contribution is 2.40. The van der Waals surface area contributed by atoms with Crippen molar-refractivity contribution in [3.8, 4) is 17.0 Å². The van der Waals surface area contributed by atoms with Crippen molar-refractivity contribution in [2.45, 2.75) is 64.4 Å². The monoisotopic (exact) mass is 648 g/mol. The number of carbonyl (C=O) groups is 2. The second-order valence-electron chi connectivity index (χ2n) is 9.93. The number of thiazole rings is 1. The number of carboxylic acids is 1. The van der Waals surface area contributed by atoms with Crippen molar-refractivity contribution in [1.29, 1.82) is 0 Å². The van der Waals surface area contributed by atoms with Gasteiger partial charge in [0.05, 0.1) is 36.1 Å². The highest BCUT2D eigenvalue weighted by Gasteiger charge is 2.21. The number of carbonyl (C=O) groups excluding carboxylic acids is 1. The van der Waals surface area contributed by atoms with Crippen molar-refractivity contribution in [3.63, 3.8) is 0 Å². The molecular formula is C32H38Cl2N2O6S. The van der Waals surface area contributed by atoms with Crippen LogP contribution in [0, 0.1) is 0 Å². The lowest BCUT2D eigenvalue weighted by Crippen LogP contribution is -2.12. The predicted octanol–water partition coefficient (Wildman–Crippen LogP) is 9.28. The number of ether oxygens (including phenoxy) is 3. The fraction of sp³-hybridized carbons (Fsp3) is 0.406. The van der Waals surface area contributed by atoms with Gasteiger partial charge in [-0.05, 0) is 30.7 Å². The van der Waals surface area contributed by atoms with Crippen LogP contribution in [-0.2, 0) is 14.3 Å². The number of methoxy groups -OCH3 is 3. The van der Waals surface area contributed by atoms with E-state index in [1.54, 1.807) is 14.2 Å². The Morgan fingerprint density at radius 2 is 1.72 bits per heavy atom. The third kappa shape index (κ3) is 9.44. The summed E-state index contributed by atoms with van der Waals surface area (Å²) in [6.45, 7) is 2.23. The summed E-state index contributed by atoms with van der Waals surface area (Å²) in [6, 6.07) is 8.72. The van der Waals surface area contributed by atoms with Crippen LogP contribution in [0.15, 0.2) is 41.5 Å². The van der Waals surface area contributed by atoms with Gasteiger partial charge >= 0.3 is 5.97 Å². The van der Waals surface area contributed by atoms with Gasteiger partial charge in [-0.1, -0.05) is 87.2 Å². The lowest BCUT2D eigenvalue weighted by atomic mass is 9.98. The number of halogens is 2. The van der Waals surface area contributed by atoms with E-state index < -0.39 is 11.9 Å². The molecule has 1 amide bonds. The van der Waals surface area contributed by atoms with Crippen molar-refractivity contribution in [2.75, 3.05) is 26.6 Å². The van der Waals surface area contributed by atoms with E-state index in [1.165, 1.54) is 75.2 Å². The van der Waals surface area contributed by atoms with Crippen LogP contribution >= 0.6 is 34.5 Å². The van der Waals surface area contributed by atoms with Crippen molar-refractivity contribution < 1.29 is 28.9 Å². The number of benzene rings is 2. The van der Waals surface area contributed by atoms with Crippen LogP contribution in [-0.4, -0.2) is 43.3 Å². The molecule has 2 aromatic carbocycles. The number of aromatic nitrogens is 1. The molecule has 0 fully saturated rings. The van der Waals surface area contributed by atoms with Gasteiger partial charge in [0.2, 0.25) is 5.76 Å². The molecule has 1 heterocycles. The minimum absolute atomic E-state index is 0.0963. The molecule has 1 atom stereocenters. The first-order chi connectivity index (χ1) is 20.7. The Hall–Kier alpha value is -3.11. The molecule has 0 saturated carbocycles. The first-order valence-electron chi connectivity index (χ1n) is 14.2. The average Bonchev–Trinajstić information content (AvgIpc) is 3.45. The molecule has 0 radical (unpaired) electrons. The average molecular weight is 650 g/mol.